The Morgan fingerprint density at radius 1 is 0.833 bits per heavy atom. The summed E-state index contributed by atoms with van der Waals surface area (Å²) in [5, 5.41) is 7.73. The van der Waals surface area contributed by atoms with Gasteiger partial charge in [0, 0.05) is 11.4 Å². The summed E-state index contributed by atoms with van der Waals surface area (Å²) in [4.78, 5) is 0. The summed E-state index contributed by atoms with van der Waals surface area (Å²) in [5.74, 6) is 0. The number of hydrogen-bond acceptors (Lipinski definition) is 2. The summed E-state index contributed by atoms with van der Waals surface area (Å²) in [6, 6.07) is 28.9. The highest BCUT2D eigenvalue weighted by molar-refractivity contribution is 6.30. The molecule has 1 aliphatic heterocycles. The van der Waals surface area contributed by atoms with Gasteiger partial charge in [0.1, 0.15) is 0 Å². The van der Waals surface area contributed by atoms with Gasteiger partial charge < -0.3 is 0 Å². The SMILES string of the molecule is Clc1cccc(N2N=C(c3ccccc3)C[C@H]2c2ccccc2)c1. The lowest BCUT2D eigenvalue weighted by Gasteiger charge is -2.24. The molecular weight excluding hydrogens is 316 g/mol. The average molecular weight is 333 g/mol. The zero-order valence-electron chi connectivity index (χ0n) is 13.1. The molecule has 0 aliphatic carbocycles. The minimum Gasteiger partial charge on any atom is -0.257 e. The second-order valence-electron chi connectivity index (χ2n) is 5.87. The van der Waals surface area contributed by atoms with Crippen molar-refractivity contribution in [2.75, 3.05) is 5.01 Å². The molecule has 1 atom stereocenters. The first-order valence-corrected chi connectivity index (χ1v) is 8.42. The van der Waals surface area contributed by atoms with Crippen LogP contribution in [-0.2, 0) is 0 Å². The molecule has 3 aromatic rings. The molecule has 24 heavy (non-hydrogen) atoms. The van der Waals surface area contributed by atoms with E-state index in [0.29, 0.717) is 0 Å². The van der Waals surface area contributed by atoms with Gasteiger partial charge in [-0.2, -0.15) is 5.10 Å². The van der Waals surface area contributed by atoms with E-state index in [1.807, 2.05) is 30.3 Å². The second kappa shape index (κ2) is 6.50. The molecule has 1 heterocycles. The molecule has 0 bridgehead atoms. The van der Waals surface area contributed by atoms with Crippen molar-refractivity contribution in [1.29, 1.82) is 0 Å². The van der Waals surface area contributed by atoms with E-state index in [0.717, 1.165) is 22.8 Å². The van der Waals surface area contributed by atoms with Gasteiger partial charge in [0.05, 0.1) is 17.4 Å². The zero-order chi connectivity index (χ0) is 16.4. The first kappa shape index (κ1) is 15.0. The van der Waals surface area contributed by atoms with Crippen molar-refractivity contribution in [2.45, 2.75) is 12.5 Å². The lowest BCUT2D eigenvalue weighted by Crippen LogP contribution is -2.18. The molecule has 0 spiro atoms. The van der Waals surface area contributed by atoms with Crippen LogP contribution in [0.15, 0.2) is 90.0 Å². The number of nitrogens with zero attached hydrogens (tertiary/aromatic N) is 2. The van der Waals surface area contributed by atoms with E-state index in [-0.39, 0.29) is 6.04 Å². The fraction of sp³-hybridized carbons (Fsp3) is 0.0952. The van der Waals surface area contributed by atoms with E-state index in [2.05, 4.69) is 59.6 Å². The summed E-state index contributed by atoms with van der Waals surface area (Å²) in [6.45, 7) is 0. The van der Waals surface area contributed by atoms with E-state index in [4.69, 9.17) is 16.7 Å². The molecule has 0 saturated heterocycles. The first-order chi connectivity index (χ1) is 11.8. The number of hydrazone groups is 1. The van der Waals surface area contributed by atoms with Crippen LogP contribution in [0.2, 0.25) is 5.02 Å². The van der Waals surface area contributed by atoms with Crippen molar-refractivity contribution in [2.24, 2.45) is 5.10 Å². The highest BCUT2D eigenvalue weighted by Gasteiger charge is 2.29. The minimum absolute atomic E-state index is 0.180. The van der Waals surface area contributed by atoms with Crippen LogP contribution in [0.1, 0.15) is 23.6 Å². The molecule has 0 radical (unpaired) electrons. The van der Waals surface area contributed by atoms with Crippen molar-refractivity contribution < 1.29 is 0 Å². The van der Waals surface area contributed by atoms with Gasteiger partial charge in [-0.3, -0.25) is 5.01 Å². The molecule has 1 aliphatic rings. The number of halogens is 1. The summed E-state index contributed by atoms with van der Waals surface area (Å²) in [6.07, 6.45) is 0.876. The summed E-state index contributed by atoms with van der Waals surface area (Å²) in [5.41, 5.74) is 4.54. The van der Waals surface area contributed by atoms with Gasteiger partial charge >= 0.3 is 0 Å². The van der Waals surface area contributed by atoms with Gasteiger partial charge in [-0.05, 0) is 29.3 Å². The van der Waals surface area contributed by atoms with Crippen LogP contribution in [0.5, 0.6) is 0 Å². The topological polar surface area (TPSA) is 15.6 Å². The Kier molecular flexibility index (Phi) is 4.06. The van der Waals surface area contributed by atoms with E-state index >= 15 is 0 Å². The quantitative estimate of drug-likeness (QED) is 0.601. The predicted molar refractivity (Wildman–Crippen MR) is 101 cm³/mol. The molecular formula is C21H17ClN2. The number of benzene rings is 3. The van der Waals surface area contributed by atoms with Crippen molar-refractivity contribution in [3.05, 3.63) is 101 Å². The normalized spacial score (nSPS) is 17.0. The average Bonchev–Trinajstić information content (AvgIpc) is 3.09. The highest BCUT2D eigenvalue weighted by atomic mass is 35.5. The van der Waals surface area contributed by atoms with Crippen LogP contribution in [0.3, 0.4) is 0 Å². The van der Waals surface area contributed by atoms with Crippen molar-refractivity contribution in [1.82, 2.24) is 0 Å². The van der Waals surface area contributed by atoms with Crippen LogP contribution < -0.4 is 5.01 Å². The maximum absolute atomic E-state index is 6.20. The Morgan fingerprint density at radius 3 is 2.25 bits per heavy atom. The Hall–Kier alpha value is -2.58. The molecule has 0 fully saturated rings. The predicted octanol–water partition coefficient (Wildman–Crippen LogP) is 5.70. The van der Waals surface area contributed by atoms with E-state index in [9.17, 15) is 0 Å². The van der Waals surface area contributed by atoms with Gasteiger partial charge in [0.2, 0.25) is 0 Å². The number of anilines is 1. The monoisotopic (exact) mass is 332 g/mol. The zero-order valence-corrected chi connectivity index (χ0v) is 13.9. The standard InChI is InChI=1S/C21H17ClN2/c22-18-12-7-13-19(14-18)24-21(17-10-5-2-6-11-17)15-20(23-24)16-8-3-1-4-9-16/h1-14,21H,15H2/t21-/m0/s1. The maximum Gasteiger partial charge on any atom is 0.0831 e. The molecule has 3 aromatic carbocycles. The van der Waals surface area contributed by atoms with Gasteiger partial charge in [0.15, 0.2) is 0 Å². The van der Waals surface area contributed by atoms with Gasteiger partial charge in [0.25, 0.3) is 0 Å². The molecule has 3 heteroatoms. The number of rotatable bonds is 3. The largest absolute Gasteiger partial charge is 0.257 e. The van der Waals surface area contributed by atoms with E-state index in [1.54, 1.807) is 0 Å². The maximum atomic E-state index is 6.20. The van der Waals surface area contributed by atoms with Gasteiger partial charge in [-0.15, -0.1) is 0 Å². The highest BCUT2D eigenvalue weighted by Crippen LogP contribution is 2.37. The van der Waals surface area contributed by atoms with Crippen LogP contribution in [0.25, 0.3) is 0 Å². The third-order valence-corrected chi connectivity index (χ3v) is 4.51. The second-order valence-corrected chi connectivity index (χ2v) is 6.30. The van der Waals surface area contributed by atoms with Gasteiger partial charge in [-0.25, -0.2) is 0 Å². The van der Waals surface area contributed by atoms with E-state index < -0.39 is 0 Å². The first-order valence-electron chi connectivity index (χ1n) is 8.04. The lowest BCUT2D eigenvalue weighted by atomic mass is 9.98. The molecule has 0 saturated carbocycles. The molecule has 0 amide bonds. The van der Waals surface area contributed by atoms with Crippen molar-refractivity contribution in [3.8, 4) is 0 Å². The summed E-state index contributed by atoms with van der Waals surface area (Å²) >= 11 is 6.20. The van der Waals surface area contributed by atoms with Crippen molar-refractivity contribution >= 4 is 23.0 Å². The van der Waals surface area contributed by atoms with Crippen LogP contribution in [-0.4, -0.2) is 5.71 Å². The third-order valence-electron chi connectivity index (χ3n) is 4.27. The Morgan fingerprint density at radius 2 is 1.54 bits per heavy atom. The Balaban J connectivity index is 1.77. The molecule has 0 N–H and O–H groups in total. The molecule has 4 rings (SSSR count). The van der Waals surface area contributed by atoms with Crippen molar-refractivity contribution in [3.63, 3.8) is 0 Å². The third kappa shape index (κ3) is 2.93. The molecule has 118 valence electrons. The fourth-order valence-corrected chi connectivity index (χ4v) is 3.29. The minimum atomic E-state index is 0.180. The molecule has 0 unspecified atom stereocenters. The van der Waals surface area contributed by atoms with Crippen LogP contribution in [0, 0.1) is 0 Å². The summed E-state index contributed by atoms with van der Waals surface area (Å²) < 4.78 is 0. The lowest BCUT2D eigenvalue weighted by molar-refractivity contribution is 0.709. The fourth-order valence-electron chi connectivity index (χ4n) is 3.11. The van der Waals surface area contributed by atoms with E-state index in [1.165, 1.54) is 11.1 Å². The summed E-state index contributed by atoms with van der Waals surface area (Å²) in [7, 11) is 0. The smallest absolute Gasteiger partial charge is 0.0831 e. The van der Waals surface area contributed by atoms with Crippen LogP contribution in [0.4, 0.5) is 5.69 Å². The Labute approximate surface area is 147 Å². The molecule has 0 aromatic heterocycles. The Bertz CT molecular complexity index is 859. The number of hydrogen-bond donors (Lipinski definition) is 0. The molecule has 2 nitrogen and oxygen atoms in total. The van der Waals surface area contributed by atoms with Gasteiger partial charge in [-0.1, -0.05) is 78.3 Å². The van der Waals surface area contributed by atoms with Crippen LogP contribution >= 0.6 is 11.6 Å².